The fourth-order valence-electron chi connectivity index (χ4n) is 4.12. The van der Waals surface area contributed by atoms with E-state index in [4.69, 9.17) is 4.74 Å². The standard InChI is InChI=1S/C19H28N2O2/c1-16-4-6-17(7-5-16)18(22)20-12-9-19(10-13-20)8-3-11-21(19)14-15-23-2/h4-7H,3,8-15H2,1-2H3. The maximum Gasteiger partial charge on any atom is 0.253 e. The third kappa shape index (κ3) is 3.43. The van der Waals surface area contributed by atoms with Gasteiger partial charge in [0.1, 0.15) is 0 Å². The molecule has 1 spiro atoms. The summed E-state index contributed by atoms with van der Waals surface area (Å²) in [5.41, 5.74) is 2.32. The molecular formula is C19H28N2O2. The van der Waals surface area contributed by atoms with Crippen LogP contribution in [0, 0.1) is 6.92 Å². The van der Waals surface area contributed by atoms with Crippen LogP contribution in [-0.4, -0.2) is 61.1 Å². The fraction of sp³-hybridized carbons (Fsp3) is 0.632. The number of nitrogens with zero attached hydrogens (tertiary/aromatic N) is 2. The highest BCUT2D eigenvalue weighted by molar-refractivity contribution is 5.94. The van der Waals surface area contributed by atoms with Gasteiger partial charge in [-0.3, -0.25) is 9.69 Å². The number of carbonyl (C=O) groups is 1. The van der Waals surface area contributed by atoms with Crippen molar-refractivity contribution in [3.63, 3.8) is 0 Å². The smallest absolute Gasteiger partial charge is 0.253 e. The molecule has 1 aromatic carbocycles. The number of methoxy groups -OCH3 is 1. The summed E-state index contributed by atoms with van der Waals surface area (Å²) in [5.74, 6) is 0.182. The minimum Gasteiger partial charge on any atom is -0.383 e. The zero-order valence-corrected chi connectivity index (χ0v) is 14.4. The van der Waals surface area contributed by atoms with Crippen LogP contribution in [0.5, 0.6) is 0 Å². The summed E-state index contributed by atoms with van der Waals surface area (Å²) in [6.45, 7) is 6.78. The van der Waals surface area contributed by atoms with Crippen molar-refractivity contribution in [3.05, 3.63) is 35.4 Å². The van der Waals surface area contributed by atoms with E-state index in [9.17, 15) is 4.79 Å². The average molecular weight is 316 g/mol. The molecule has 0 saturated carbocycles. The molecule has 0 bridgehead atoms. The lowest BCUT2D eigenvalue weighted by Gasteiger charge is -2.45. The molecule has 1 aromatic rings. The summed E-state index contributed by atoms with van der Waals surface area (Å²) < 4.78 is 5.26. The van der Waals surface area contributed by atoms with Gasteiger partial charge in [-0.05, 0) is 51.3 Å². The number of hydrogen-bond donors (Lipinski definition) is 0. The number of amides is 1. The van der Waals surface area contributed by atoms with Crippen molar-refractivity contribution in [1.29, 1.82) is 0 Å². The fourth-order valence-corrected chi connectivity index (χ4v) is 4.12. The van der Waals surface area contributed by atoms with Crippen LogP contribution in [0.2, 0.25) is 0 Å². The molecule has 2 aliphatic heterocycles. The van der Waals surface area contributed by atoms with Gasteiger partial charge in [-0.15, -0.1) is 0 Å². The first-order chi connectivity index (χ1) is 11.1. The lowest BCUT2D eigenvalue weighted by molar-refractivity contribution is 0.0310. The molecule has 0 N–H and O–H groups in total. The third-order valence-electron chi connectivity index (χ3n) is 5.59. The zero-order chi connectivity index (χ0) is 16.3. The lowest BCUT2D eigenvalue weighted by atomic mass is 9.84. The molecule has 0 aromatic heterocycles. The van der Waals surface area contributed by atoms with E-state index < -0.39 is 0 Å². The number of likely N-dealkylation sites (tertiary alicyclic amines) is 2. The minimum atomic E-state index is 0.182. The van der Waals surface area contributed by atoms with Gasteiger partial charge >= 0.3 is 0 Å². The van der Waals surface area contributed by atoms with E-state index in [0.29, 0.717) is 5.54 Å². The quantitative estimate of drug-likeness (QED) is 0.856. The average Bonchev–Trinajstić information content (AvgIpc) is 2.96. The van der Waals surface area contributed by atoms with Gasteiger partial charge in [-0.25, -0.2) is 0 Å². The number of aryl methyl sites for hydroxylation is 1. The van der Waals surface area contributed by atoms with Gasteiger partial charge in [0, 0.05) is 37.8 Å². The molecule has 2 aliphatic rings. The Bertz CT molecular complexity index is 533. The van der Waals surface area contributed by atoms with Crippen molar-refractivity contribution in [1.82, 2.24) is 9.80 Å². The highest BCUT2D eigenvalue weighted by Crippen LogP contribution is 2.38. The Hall–Kier alpha value is -1.39. The topological polar surface area (TPSA) is 32.8 Å². The van der Waals surface area contributed by atoms with E-state index in [1.807, 2.05) is 36.1 Å². The third-order valence-corrected chi connectivity index (χ3v) is 5.59. The van der Waals surface area contributed by atoms with Crippen LogP contribution < -0.4 is 0 Å². The predicted molar refractivity (Wildman–Crippen MR) is 91.7 cm³/mol. The van der Waals surface area contributed by atoms with E-state index in [1.165, 1.54) is 24.9 Å². The van der Waals surface area contributed by atoms with Crippen molar-refractivity contribution in [2.45, 2.75) is 38.1 Å². The van der Waals surface area contributed by atoms with Crippen LogP contribution in [0.15, 0.2) is 24.3 Å². The van der Waals surface area contributed by atoms with Crippen LogP contribution in [0.4, 0.5) is 0 Å². The number of carbonyl (C=O) groups excluding carboxylic acids is 1. The highest BCUT2D eigenvalue weighted by atomic mass is 16.5. The second kappa shape index (κ2) is 7.02. The maximum atomic E-state index is 12.7. The predicted octanol–water partition coefficient (Wildman–Crippen LogP) is 2.71. The summed E-state index contributed by atoms with van der Waals surface area (Å²) >= 11 is 0. The summed E-state index contributed by atoms with van der Waals surface area (Å²) in [5, 5.41) is 0. The van der Waals surface area contributed by atoms with Crippen molar-refractivity contribution in [2.75, 3.05) is 39.9 Å². The number of hydrogen-bond acceptors (Lipinski definition) is 3. The van der Waals surface area contributed by atoms with Crippen molar-refractivity contribution >= 4 is 5.91 Å². The molecular weight excluding hydrogens is 288 g/mol. The normalized spacial score (nSPS) is 21.0. The van der Waals surface area contributed by atoms with E-state index in [0.717, 1.165) is 44.6 Å². The molecule has 2 saturated heterocycles. The molecule has 2 heterocycles. The van der Waals surface area contributed by atoms with Gasteiger partial charge in [-0.1, -0.05) is 17.7 Å². The van der Waals surface area contributed by atoms with Crippen LogP contribution in [0.25, 0.3) is 0 Å². The molecule has 1 amide bonds. The maximum absolute atomic E-state index is 12.7. The largest absolute Gasteiger partial charge is 0.383 e. The Morgan fingerprint density at radius 2 is 1.83 bits per heavy atom. The van der Waals surface area contributed by atoms with Gasteiger partial charge in [0.2, 0.25) is 0 Å². The Morgan fingerprint density at radius 1 is 1.13 bits per heavy atom. The first kappa shape index (κ1) is 16.5. The van der Waals surface area contributed by atoms with Gasteiger partial charge in [-0.2, -0.15) is 0 Å². The van der Waals surface area contributed by atoms with E-state index >= 15 is 0 Å². The molecule has 0 atom stereocenters. The van der Waals surface area contributed by atoms with Crippen LogP contribution >= 0.6 is 0 Å². The molecule has 4 nitrogen and oxygen atoms in total. The Kier molecular flexibility index (Phi) is 5.02. The van der Waals surface area contributed by atoms with Crippen molar-refractivity contribution in [2.24, 2.45) is 0 Å². The molecule has 23 heavy (non-hydrogen) atoms. The van der Waals surface area contributed by atoms with Gasteiger partial charge < -0.3 is 9.64 Å². The Balaban J connectivity index is 1.61. The zero-order valence-electron chi connectivity index (χ0n) is 14.4. The Morgan fingerprint density at radius 3 is 2.48 bits per heavy atom. The molecule has 3 rings (SSSR count). The van der Waals surface area contributed by atoms with Crippen molar-refractivity contribution < 1.29 is 9.53 Å². The van der Waals surface area contributed by atoms with Crippen LogP contribution in [0.3, 0.4) is 0 Å². The van der Waals surface area contributed by atoms with Crippen molar-refractivity contribution in [3.8, 4) is 0 Å². The van der Waals surface area contributed by atoms with Gasteiger partial charge in [0.25, 0.3) is 5.91 Å². The summed E-state index contributed by atoms with van der Waals surface area (Å²) in [7, 11) is 1.77. The molecule has 0 radical (unpaired) electrons. The number of benzene rings is 1. The number of ether oxygens (including phenoxy) is 1. The number of piperidine rings is 1. The van der Waals surface area contributed by atoms with Gasteiger partial charge in [0.15, 0.2) is 0 Å². The molecule has 2 fully saturated rings. The lowest BCUT2D eigenvalue weighted by Crippen LogP contribution is -2.53. The minimum absolute atomic E-state index is 0.182. The summed E-state index contributed by atoms with van der Waals surface area (Å²) in [4.78, 5) is 17.3. The molecule has 126 valence electrons. The first-order valence-electron chi connectivity index (χ1n) is 8.75. The summed E-state index contributed by atoms with van der Waals surface area (Å²) in [6, 6.07) is 7.93. The summed E-state index contributed by atoms with van der Waals surface area (Å²) in [6.07, 6.45) is 4.72. The van der Waals surface area contributed by atoms with E-state index in [1.54, 1.807) is 7.11 Å². The second-order valence-corrected chi connectivity index (χ2v) is 6.97. The molecule has 4 heteroatoms. The highest BCUT2D eigenvalue weighted by Gasteiger charge is 2.43. The van der Waals surface area contributed by atoms with Crippen LogP contribution in [-0.2, 0) is 4.74 Å². The first-order valence-corrected chi connectivity index (χ1v) is 8.75. The van der Waals surface area contributed by atoms with E-state index in [2.05, 4.69) is 4.90 Å². The second-order valence-electron chi connectivity index (χ2n) is 6.97. The monoisotopic (exact) mass is 316 g/mol. The SMILES string of the molecule is COCCN1CCCC12CCN(C(=O)c1ccc(C)cc1)CC2. The number of rotatable bonds is 4. The van der Waals surface area contributed by atoms with Crippen LogP contribution in [0.1, 0.15) is 41.6 Å². The Labute approximate surface area is 139 Å². The molecule has 0 unspecified atom stereocenters. The molecule has 0 aliphatic carbocycles. The van der Waals surface area contributed by atoms with Gasteiger partial charge in [0.05, 0.1) is 6.61 Å². The van der Waals surface area contributed by atoms with E-state index in [-0.39, 0.29) is 5.91 Å².